The lowest BCUT2D eigenvalue weighted by atomic mass is 9.98. The number of alkyl halides is 3. The second-order valence-electron chi connectivity index (χ2n) is 9.91. The van der Waals surface area contributed by atoms with Crippen LogP contribution in [0, 0.1) is 0 Å². The van der Waals surface area contributed by atoms with E-state index in [2.05, 4.69) is 10.1 Å². The van der Waals surface area contributed by atoms with Gasteiger partial charge in [0.1, 0.15) is 23.7 Å². The van der Waals surface area contributed by atoms with Crippen molar-refractivity contribution in [1.82, 2.24) is 14.6 Å². The van der Waals surface area contributed by atoms with Crippen LogP contribution in [-0.2, 0) is 30.6 Å². The first-order valence-electron chi connectivity index (χ1n) is 12.8. The van der Waals surface area contributed by atoms with Crippen LogP contribution in [0.4, 0.5) is 19.0 Å². The molecule has 0 amide bonds. The molecule has 1 fully saturated rings. The number of carbonyl (C=O) groups excluding carboxylic acids is 1. The number of carbonyl (C=O) groups is 1. The van der Waals surface area contributed by atoms with Crippen LogP contribution in [0.15, 0.2) is 59.5 Å². The predicted molar refractivity (Wildman–Crippen MR) is 151 cm³/mol. The van der Waals surface area contributed by atoms with Crippen molar-refractivity contribution < 1.29 is 41.6 Å². The molecule has 4 rings (SSSR count). The van der Waals surface area contributed by atoms with Gasteiger partial charge in [0.25, 0.3) is 6.43 Å². The Morgan fingerprint density at radius 3 is 2.57 bits per heavy atom. The van der Waals surface area contributed by atoms with Gasteiger partial charge in [-0.1, -0.05) is 30.3 Å². The zero-order chi connectivity index (χ0) is 30.8. The number of nitrogens with two attached hydrogens (primary N) is 1. The molecule has 228 valence electrons. The molecule has 0 radical (unpaired) electrons. The van der Waals surface area contributed by atoms with E-state index in [-0.39, 0.29) is 11.6 Å². The third-order valence-corrected chi connectivity index (χ3v) is 8.84. The number of hydrogen-bond donors (Lipinski definition) is 3. The van der Waals surface area contributed by atoms with Gasteiger partial charge in [0.15, 0.2) is 18.0 Å². The first-order valence-corrected chi connectivity index (χ1v) is 15.4. The number of ether oxygens (including phenoxy) is 2. The minimum Gasteiger partial charge on any atom is -0.462 e. The fourth-order valence-electron chi connectivity index (χ4n) is 4.25. The molecule has 0 bridgehead atoms. The number of nitrogens with zero attached hydrogens (tertiary/aromatic N) is 2. The number of aliphatic hydroxyl groups is 1. The van der Waals surface area contributed by atoms with Crippen LogP contribution in [0.1, 0.15) is 27.0 Å². The Balaban J connectivity index is 1.65. The lowest BCUT2D eigenvalue weighted by molar-refractivity contribution is -0.182. The minimum atomic E-state index is -3.94. The monoisotopic (exact) mass is 630 g/mol. The number of nitrogen functional groups attached to an aromatic ring is 1. The number of esters is 1. The van der Waals surface area contributed by atoms with Crippen LogP contribution in [0.25, 0.3) is 10.8 Å². The van der Waals surface area contributed by atoms with Crippen LogP contribution in [-0.4, -0.2) is 63.7 Å². The van der Waals surface area contributed by atoms with Gasteiger partial charge in [-0.25, -0.2) is 23.1 Å². The maximum Gasteiger partial charge on any atom is 0.351 e. The van der Waals surface area contributed by atoms with Gasteiger partial charge in [0.05, 0.1) is 12.7 Å². The molecule has 16 heteroatoms. The Labute approximate surface area is 244 Å². The zero-order valence-corrected chi connectivity index (χ0v) is 24.4. The lowest BCUT2D eigenvalue weighted by Gasteiger charge is -2.33. The van der Waals surface area contributed by atoms with E-state index in [0.29, 0.717) is 4.57 Å². The van der Waals surface area contributed by atoms with E-state index in [1.54, 1.807) is 38.1 Å². The number of fused-ring (bicyclic) bond motifs is 1. The topological polar surface area (TPSA) is 147 Å². The molecular weight excluding hydrogens is 600 g/mol. The molecule has 42 heavy (non-hydrogen) atoms. The minimum absolute atomic E-state index is 0.174. The summed E-state index contributed by atoms with van der Waals surface area (Å²) >= 11 is 5.60. The van der Waals surface area contributed by atoms with E-state index in [1.807, 2.05) is 18.2 Å². The van der Waals surface area contributed by atoms with Gasteiger partial charge < -0.3 is 29.4 Å². The van der Waals surface area contributed by atoms with Gasteiger partial charge in [0.2, 0.25) is 0 Å². The summed E-state index contributed by atoms with van der Waals surface area (Å²) in [5.74, 6) is -0.715. The molecule has 1 unspecified atom stereocenters. The van der Waals surface area contributed by atoms with Crippen LogP contribution in [0.3, 0.4) is 0 Å². The van der Waals surface area contributed by atoms with Crippen molar-refractivity contribution in [2.75, 3.05) is 12.3 Å². The fourth-order valence-corrected chi connectivity index (χ4v) is 6.66. The van der Waals surface area contributed by atoms with Gasteiger partial charge in [-0.15, -0.1) is 0 Å². The molecule has 6 atom stereocenters. The van der Waals surface area contributed by atoms with Gasteiger partial charge in [-0.05, 0) is 61.5 Å². The predicted octanol–water partition coefficient (Wildman–Crippen LogP) is 3.46. The van der Waals surface area contributed by atoms with Crippen LogP contribution in [0.5, 0.6) is 5.75 Å². The van der Waals surface area contributed by atoms with Crippen molar-refractivity contribution in [3.63, 3.8) is 0 Å². The Morgan fingerprint density at radius 1 is 1.24 bits per heavy atom. The van der Waals surface area contributed by atoms with E-state index in [4.69, 9.17) is 36.1 Å². The highest BCUT2D eigenvalue weighted by Gasteiger charge is 2.62. The molecule has 11 nitrogen and oxygen atoms in total. The highest BCUT2D eigenvalue weighted by molar-refractivity contribution is 8.09. The van der Waals surface area contributed by atoms with Crippen LogP contribution in [0.2, 0.25) is 0 Å². The molecule has 0 aliphatic carbocycles. The number of rotatable bonds is 11. The summed E-state index contributed by atoms with van der Waals surface area (Å²) in [5, 5.41) is 14.9. The number of benzene rings is 2. The third-order valence-electron chi connectivity index (χ3n) is 6.36. The van der Waals surface area contributed by atoms with Crippen molar-refractivity contribution in [2.24, 2.45) is 0 Å². The number of nitrogens with one attached hydrogen (secondary N) is 1. The van der Waals surface area contributed by atoms with Crippen molar-refractivity contribution >= 4 is 41.0 Å². The molecule has 0 spiro atoms. The second-order valence-corrected chi connectivity index (χ2v) is 13.0. The average molecular weight is 631 g/mol. The highest BCUT2D eigenvalue weighted by Crippen LogP contribution is 2.50. The Hall–Kier alpha value is -3.07. The van der Waals surface area contributed by atoms with Gasteiger partial charge in [0, 0.05) is 6.20 Å². The van der Waals surface area contributed by atoms with E-state index in [1.165, 1.54) is 6.92 Å². The lowest BCUT2D eigenvalue weighted by Crippen LogP contribution is -2.51. The van der Waals surface area contributed by atoms with Gasteiger partial charge >= 0.3 is 18.3 Å². The summed E-state index contributed by atoms with van der Waals surface area (Å²) in [5.41, 5.74) is 1.33. The average Bonchev–Trinajstić information content (AvgIpc) is 3.17. The molecule has 1 aromatic heterocycles. The van der Waals surface area contributed by atoms with E-state index in [9.17, 15) is 23.5 Å². The van der Waals surface area contributed by atoms with Crippen molar-refractivity contribution in [3.05, 3.63) is 65.2 Å². The molecule has 1 aliphatic heterocycles. The maximum absolute atomic E-state index is 15.5. The standard InChI is InChI=1S/C26H30F3N4O7PS/c1-14(2)38-23(35)15(3)32-41(42,40-18-9-8-16-6-4-5-7-17(16)12-18)37-13-26(24(28)29)21(27)20(34)22(39-26)33-11-10-19(30)31-25(33)36/h4-12,14-15,20-22,24,34H,13H2,1-3H3,(H,32,42)(H2,30,31,36)/t15-,20+,21+,22+,26+,41?/m0/s1. The molecule has 2 aromatic carbocycles. The zero-order valence-electron chi connectivity index (χ0n) is 22.7. The molecule has 3 aromatic rings. The Kier molecular flexibility index (Phi) is 9.60. The summed E-state index contributed by atoms with van der Waals surface area (Å²) in [6, 6.07) is 12.3. The molecule has 4 N–H and O–H groups in total. The number of aromatic nitrogens is 2. The van der Waals surface area contributed by atoms with Crippen molar-refractivity contribution in [3.8, 4) is 5.75 Å². The normalized spacial score (nSPS) is 24.5. The Morgan fingerprint density at radius 2 is 1.93 bits per heavy atom. The van der Waals surface area contributed by atoms with Crippen LogP contribution < -0.4 is 21.0 Å². The quantitative estimate of drug-likeness (QED) is 0.211. The molecule has 1 saturated heterocycles. The van der Waals surface area contributed by atoms with E-state index < -0.39 is 67.6 Å². The van der Waals surface area contributed by atoms with Gasteiger partial charge in [-0.2, -0.15) is 4.98 Å². The van der Waals surface area contributed by atoms with Gasteiger partial charge in [-0.3, -0.25) is 9.36 Å². The maximum atomic E-state index is 15.5. The summed E-state index contributed by atoms with van der Waals surface area (Å²) < 4.78 is 67.4. The molecule has 0 saturated carbocycles. The Bertz CT molecular complexity index is 1550. The molecule has 1 aliphatic rings. The van der Waals surface area contributed by atoms with Crippen LogP contribution >= 0.6 is 6.64 Å². The first-order chi connectivity index (χ1) is 19.7. The smallest absolute Gasteiger partial charge is 0.351 e. The molecular formula is C26H30F3N4O7PS. The summed E-state index contributed by atoms with van der Waals surface area (Å²) in [6.45, 7) is -0.478. The summed E-state index contributed by atoms with van der Waals surface area (Å²) in [4.78, 5) is 28.3. The van der Waals surface area contributed by atoms with E-state index >= 15 is 4.39 Å². The SMILES string of the molecule is CC(C)OC(=O)[C@H](C)NP(=S)(OC[C@@]1(C(F)F)O[C@@H](n2ccc(N)nc2=O)[C@H](O)[C@H]1F)Oc1ccc2ccccc2c1. The number of halogens is 3. The number of anilines is 1. The summed E-state index contributed by atoms with van der Waals surface area (Å²) in [7, 11) is 0. The van der Waals surface area contributed by atoms with Crippen molar-refractivity contribution in [1.29, 1.82) is 0 Å². The van der Waals surface area contributed by atoms with Crippen molar-refractivity contribution in [2.45, 2.75) is 63.4 Å². The third kappa shape index (κ3) is 6.77. The fraction of sp³-hybridized carbons (Fsp3) is 0.423. The van der Waals surface area contributed by atoms with E-state index in [0.717, 1.165) is 23.0 Å². The second kappa shape index (κ2) is 12.7. The first kappa shape index (κ1) is 31.9. The largest absolute Gasteiger partial charge is 0.462 e. The highest BCUT2D eigenvalue weighted by atomic mass is 32.5. The summed E-state index contributed by atoms with van der Waals surface area (Å²) in [6.07, 6.45) is -9.82. The molecule has 2 heterocycles. The number of aliphatic hydroxyl groups excluding tert-OH is 1. The number of hydrogen-bond acceptors (Lipinski definition) is 10.